The number of hydrogen-bond acceptors (Lipinski definition) is 2. The first-order chi connectivity index (χ1) is 12.5. The van der Waals surface area contributed by atoms with E-state index in [9.17, 15) is 18.0 Å². The SMILES string of the molecule is O=C(N(Cc1ccccc1)[C@H]1CCCN[C@H]1c1ccccc1)C(F)(F)F. The van der Waals surface area contributed by atoms with Crippen LogP contribution in [0.1, 0.15) is 30.0 Å². The molecule has 1 fully saturated rings. The van der Waals surface area contributed by atoms with Gasteiger partial charge in [-0.1, -0.05) is 60.7 Å². The molecule has 26 heavy (non-hydrogen) atoms. The highest BCUT2D eigenvalue weighted by molar-refractivity contribution is 5.82. The Bertz CT molecular complexity index is 719. The lowest BCUT2D eigenvalue weighted by Crippen LogP contribution is -2.53. The Kier molecular flexibility index (Phi) is 5.61. The molecule has 3 nitrogen and oxygen atoms in total. The lowest BCUT2D eigenvalue weighted by atomic mass is 9.90. The predicted octanol–water partition coefficient (Wildman–Crippen LogP) is 4.07. The molecule has 0 unspecified atom stereocenters. The lowest BCUT2D eigenvalue weighted by Gasteiger charge is -2.41. The van der Waals surface area contributed by atoms with Gasteiger partial charge in [-0.15, -0.1) is 0 Å². The van der Waals surface area contributed by atoms with E-state index in [1.807, 2.05) is 30.3 Å². The molecule has 1 amide bonds. The van der Waals surface area contributed by atoms with E-state index >= 15 is 0 Å². The number of alkyl halides is 3. The van der Waals surface area contributed by atoms with Crippen molar-refractivity contribution in [2.24, 2.45) is 0 Å². The molecular formula is C20H21F3N2O. The van der Waals surface area contributed by atoms with Crippen LogP contribution < -0.4 is 5.32 Å². The van der Waals surface area contributed by atoms with Crippen LogP contribution in [0.3, 0.4) is 0 Å². The predicted molar refractivity (Wildman–Crippen MR) is 93.3 cm³/mol. The molecule has 138 valence electrons. The normalized spacial score (nSPS) is 20.6. The minimum atomic E-state index is -4.90. The fourth-order valence-electron chi connectivity index (χ4n) is 3.49. The monoisotopic (exact) mass is 362 g/mol. The summed E-state index contributed by atoms with van der Waals surface area (Å²) in [6, 6.07) is 17.3. The van der Waals surface area contributed by atoms with Crippen LogP contribution in [-0.2, 0) is 11.3 Å². The molecule has 1 saturated heterocycles. The summed E-state index contributed by atoms with van der Waals surface area (Å²) in [6.07, 6.45) is -3.64. The number of halogens is 3. The maximum atomic E-state index is 13.3. The van der Waals surface area contributed by atoms with Gasteiger partial charge in [-0.05, 0) is 30.5 Å². The molecule has 0 radical (unpaired) electrons. The van der Waals surface area contributed by atoms with E-state index in [2.05, 4.69) is 5.32 Å². The van der Waals surface area contributed by atoms with E-state index in [-0.39, 0.29) is 12.6 Å². The summed E-state index contributed by atoms with van der Waals surface area (Å²) in [5, 5.41) is 3.30. The van der Waals surface area contributed by atoms with Crippen LogP contribution >= 0.6 is 0 Å². The Labute approximate surface area is 150 Å². The second-order valence-corrected chi connectivity index (χ2v) is 6.47. The van der Waals surface area contributed by atoms with E-state index in [4.69, 9.17) is 0 Å². The van der Waals surface area contributed by atoms with Crippen molar-refractivity contribution in [1.82, 2.24) is 10.2 Å². The van der Waals surface area contributed by atoms with Crippen LogP contribution in [0, 0.1) is 0 Å². The number of benzene rings is 2. The number of nitrogens with one attached hydrogen (secondary N) is 1. The van der Waals surface area contributed by atoms with Gasteiger partial charge in [0.25, 0.3) is 0 Å². The first kappa shape index (κ1) is 18.5. The number of hydrogen-bond donors (Lipinski definition) is 1. The second kappa shape index (κ2) is 7.91. The average Bonchev–Trinajstić information content (AvgIpc) is 2.66. The van der Waals surface area contributed by atoms with E-state index < -0.39 is 18.1 Å². The molecule has 2 atom stereocenters. The summed E-state index contributed by atoms with van der Waals surface area (Å²) in [7, 11) is 0. The van der Waals surface area contributed by atoms with Gasteiger partial charge >= 0.3 is 12.1 Å². The zero-order valence-corrected chi connectivity index (χ0v) is 14.2. The molecule has 1 aliphatic heterocycles. The minimum absolute atomic E-state index is 0.0607. The lowest BCUT2D eigenvalue weighted by molar-refractivity contribution is -0.189. The number of carbonyl (C=O) groups is 1. The maximum absolute atomic E-state index is 13.3. The van der Waals surface area contributed by atoms with Gasteiger partial charge in [0.2, 0.25) is 0 Å². The van der Waals surface area contributed by atoms with Gasteiger partial charge in [-0.3, -0.25) is 4.79 Å². The van der Waals surface area contributed by atoms with Crippen LogP contribution in [0.15, 0.2) is 60.7 Å². The summed E-state index contributed by atoms with van der Waals surface area (Å²) < 4.78 is 39.8. The molecule has 2 aromatic rings. The quantitative estimate of drug-likeness (QED) is 0.889. The van der Waals surface area contributed by atoms with Crippen LogP contribution in [0.2, 0.25) is 0 Å². The standard InChI is InChI=1S/C20H21F3N2O/c21-20(22,23)19(26)25(14-15-8-3-1-4-9-15)17-12-7-13-24-18(17)16-10-5-2-6-11-16/h1-6,8-11,17-18,24H,7,12-14H2/t17-,18-/m0/s1. The zero-order chi connectivity index (χ0) is 18.6. The van der Waals surface area contributed by atoms with Gasteiger partial charge in [0.15, 0.2) is 0 Å². The molecule has 2 aromatic carbocycles. The van der Waals surface area contributed by atoms with Gasteiger partial charge in [0.05, 0.1) is 12.1 Å². The largest absolute Gasteiger partial charge is 0.471 e. The fraction of sp³-hybridized carbons (Fsp3) is 0.350. The second-order valence-electron chi connectivity index (χ2n) is 6.47. The Morgan fingerprint density at radius 3 is 2.27 bits per heavy atom. The maximum Gasteiger partial charge on any atom is 0.471 e. The Morgan fingerprint density at radius 1 is 1.04 bits per heavy atom. The summed E-state index contributed by atoms with van der Waals surface area (Å²) >= 11 is 0. The Hall–Kier alpha value is -2.34. The van der Waals surface area contributed by atoms with Gasteiger partial charge in [-0.2, -0.15) is 13.2 Å². The van der Waals surface area contributed by atoms with Crippen molar-refractivity contribution < 1.29 is 18.0 Å². The fourth-order valence-corrected chi connectivity index (χ4v) is 3.49. The van der Waals surface area contributed by atoms with Crippen LogP contribution in [-0.4, -0.2) is 29.6 Å². The molecule has 1 aliphatic rings. The molecule has 1 heterocycles. The number of rotatable bonds is 4. The highest BCUT2D eigenvalue weighted by atomic mass is 19.4. The third kappa shape index (κ3) is 4.25. The summed E-state index contributed by atoms with van der Waals surface area (Å²) in [5.41, 5.74) is 1.58. The molecule has 3 rings (SSSR count). The molecule has 6 heteroatoms. The van der Waals surface area contributed by atoms with Crippen LogP contribution in [0.5, 0.6) is 0 Å². The van der Waals surface area contributed by atoms with E-state index in [1.54, 1.807) is 30.3 Å². The van der Waals surface area contributed by atoms with Gasteiger partial charge < -0.3 is 10.2 Å². The van der Waals surface area contributed by atoms with Crippen molar-refractivity contribution in [1.29, 1.82) is 0 Å². The summed E-state index contributed by atoms with van der Waals surface area (Å²) in [6.45, 7) is 0.657. The van der Waals surface area contributed by atoms with Gasteiger partial charge in [-0.25, -0.2) is 0 Å². The van der Waals surface area contributed by atoms with Crippen molar-refractivity contribution in [3.8, 4) is 0 Å². The average molecular weight is 362 g/mol. The smallest absolute Gasteiger partial charge is 0.326 e. The van der Waals surface area contributed by atoms with Crippen LogP contribution in [0.4, 0.5) is 13.2 Å². The van der Waals surface area contributed by atoms with Crippen LogP contribution in [0.25, 0.3) is 0 Å². The topological polar surface area (TPSA) is 32.3 Å². The van der Waals surface area contributed by atoms with E-state index in [1.165, 1.54) is 0 Å². The molecular weight excluding hydrogens is 341 g/mol. The van der Waals surface area contributed by atoms with E-state index in [0.29, 0.717) is 12.0 Å². The number of amides is 1. The minimum Gasteiger partial charge on any atom is -0.326 e. The van der Waals surface area contributed by atoms with Crippen molar-refractivity contribution >= 4 is 5.91 Å². The summed E-state index contributed by atoms with van der Waals surface area (Å²) in [5.74, 6) is -1.78. The number of piperidine rings is 1. The molecule has 0 bridgehead atoms. The van der Waals surface area contributed by atoms with Crippen molar-refractivity contribution in [3.63, 3.8) is 0 Å². The van der Waals surface area contributed by atoms with Crippen molar-refractivity contribution in [3.05, 3.63) is 71.8 Å². The molecule has 0 saturated carbocycles. The number of carbonyl (C=O) groups excluding carboxylic acids is 1. The molecule has 1 N–H and O–H groups in total. The van der Waals surface area contributed by atoms with Crippen molar-refractivity contribution in [2.45, 2.75) is 37.6 Å². The Balaban J connectivity index is 1.94. The first-order valence-electron chi connectivity index (χ1n) is 8.67. The summed E-state index contributed by atoms with van der Waals surface area (Å²) in [4.78, 5) is 13.2. The number of nitrogens with zero attached hydrogens (tertiary/aromatic N) is 1. The zero-order valence-electron chi connectivity index (χ0n) is 14.2. The first-order valence-corrected chi connectivity index (χ1v) is 8.67. The molecule has 0 spiro atoms. The Morgan fingerprint density at radius 2 is 1.65 bits per heavy atom. The van der Waals surface area contributed by atoms with Gasteiger partial charge in [0, 0.05) is 6.54 Å². The van der Waals surface area contributed by atoms with E-state index in [0.717, 1.165) is 23.4 Å². The highest BCUT2D eigenvalue weighted by Gasteiger charge is 2.46. The third-order valence-electron chi connectivity index (χ3n) is 4.68. The van der Waals surface area contributed by atoms with Crippen molar-refractivity contribution in [2.75, 3.05) is 6.54 Å². The van der Waals surface area contributed by atoms with Gasteiger partial charge in [0.1, 0.15) is 0 Å². The highest BCUT2D eigenvalue weighted by Crippen LogP contribution is 2.32. The molecule has 0 aliphatic carbocycles. The molecule has 0 aromatic heterocycles. The third-order valence-corrected chi connectivity index (χ3v) is 4.68.